The maximum Gasteiger partial charge on any atom is 0.257 e. The van der Waals surface area contributed by atoms with Crippen molar-refractivity contribution in [1.29, 1.82) is 0 Å². The van der Waals surface area contributed by atoms with Gasteiger partial charge in [0.2, 0.25) is 5.91 Å². The molecule has 1 aliphatic heterocycles. The second-order valence-electron chi connectivity index (χ2n) is 8.83. The van der Waals surface area contributed by atoms with Crippen molar-refractivity contribution in [3.05, 3.63) is 59.7 Å². The molecular formula is C27H35N3O5. The molecular weight excluding hydrogens is 446 g/mol. The summed E-state index contributed by atoms with van der Waals surface area (Å²) in [5.74, 6) is 0.375. The van der Waals surface area contributed by atoms with Crippen molar-refractivity contribution in [3.8, 4) is 11.5 Å². The van der Waals surface area contributed by atoms with Gasteiger partial charge in [-0.3, -0.25) is 14.4 Å². The molecule has 3 rings (SSSR count). The molecule has 0 bridgehead atoms. The molecule has 35 heavy (non-hydrogen) atoms. The number of likely N-dealkylation sites (tertiary alicyclic amines) is 1. The van der Waals surface area contributed by atoms with E-state index in [2.05, 4.69) is 10.6 Å². The minimum atomic E-state index is -0.703. The number of hydrogen-bond acceptors (Lipinski definition) is 5. The third-order valence-electron chi connectivity index (χ3n) is 6.54. The summed E-state index contributed by atoms with van der Waals surface area (Å²) in [5, 5.41) is 5.95. The number of rotatable bonds is 9. The summed E-state index contributed by atoms with van der Waals surface area (Å²) in [6.45, 7) is 4.91. The molecule has 0 radical (unpaired) electrons. The number of amides is 3. The van der Waals surface area contributed by atoms with E-state index in [0.717, 1.165) is 6.42 Å². The molecule has 2 atom stereocenters. The summed E-state index contributed by atoms with van der Waals surface area (Å²) in [6, 6.07) is 13.3. The quantitative estimate of drug-likeness (QED) is 0.573. The summed E-state index contributed by atoms with van der Waals surface area (Å²) in [7, 11) is 3.09. The van der Waals surface area contributed by atoms with Crippen LogP contribution in [0.15, 0.2) is 48.5 Å². The molecule has 0 unspecified atom stereocenters. The Labute approximate surface area is 207 Å². The third kappa shape index (κ3) is 6.53. The van der Waals surface area contributed by atoms with Gasteiger partial charge in [-0.15, -0.1) is 0 Å². The van der Waals surface area contributed by atoms with Gasteiger partial charge in [0.15, 0.2) is 0 Å². The molecule has 0 aromatic heterocycles. The summed E-state index contributed by atoms with van der Waals surface area (Å²) < 4.78 is 10.6. The molecule has 188 valence electrons. The molecule has 2 aromatic carbocycles. The second-order valence-corrected chi connectivity index (χ2v) is 8.83. The standard InChI is InChI=1S/C27H35N3O5/c1-5-18(2)28-26(32)24(29-25(31)20-9-8-10-21(17-20)34-3)19-13-15-30(16-14-19)27(33)22-11-6-7-12-23(22)35-4/h6-12,17-19,24H,5,13-16H2,1-4H3,(H,28,32)(H,29,31)/t18-,24-/m0/s1. The summed E-state index contributed by atoms with van der Waals surface area (Å²) in [6.07, 6.45) is 1.98. The summed E-state index contributed by atoms with van der Waals surface area (Å²) >= 11 is 0. The number of para-hydroxylation sites is 1. The number of ether oxygens (including phenoxy) is 2. The van der Waals surface area contributed by atoms with Crippen LogP contribution in [0.3, 0.4) is 0 Å². The fraction of sp³-hybridized carbons (Fsp3) is 0.444. The van der Waals surface area contributed by atoms with Crippen LogP contribution in [0.4, 0.5) is 0 Å². The molecule has 0 aliphatic carbocycles. The van der Waals surface area contributed by atoms with Gasteiger partial charge in [-0.05, 0) is 62.4 Å². The van der Waals surface area contributed by atoms with Crippen LogP contribution in [0.1, 0.15) is 53.8 Å². The largest absolute Gasteiger partial charge is 0.497 e. The van der Waals surface area contributed by atoms with Crippen LogP contribution in [0.5, 0.6) is 11.5 Å². The average Bonchev–Trinajstić information content (AvgIpc) is 2.91. The van der Waals surface area contributed by atoms with E-state index in [-0.39, 0.29) is 29.7 Å². The molecule has 0 spiro atoms. The zero-order chi connectivity index (χ0) is 25.4. The first kappa shape index (κ1) is 26.1. The molecule has 3 amide bonds. The highest BCUT2D eigenvalue weighted by atomic mass is 16.5. The number of methoxy groups -OCH3 is 2. The van der Waals surface area contributed by atoms with Gasteiger partial charge in [-0.2, -0.15) is 0 Å². The van der Waals surface area contributed by atoms with Crippen LogP contribution in [-0.4, -0.2) is 62.0 Å². The highest BCUT2D eigenvalue weighted by Crippen LogP contribution is 2.26. The zero-order valence-electron chi connectivity index (χ0n) is 20.9. The Morgan fingerprint density at radius 2 is 1.71 bits per heavy atom. The lowest BCUT2D eigenvalue weighted by atomic mass is 9.88. The van der Waals surface area contributed by atoms with Crippen molar-refractivity contribution < 1.29 is 23.9 Å². The van der Waals surface area contributed by atoms with E-state index in [9.17, 15) is 14.4 Å². The highest BCUT2D eigenvalue weighted by Gasteiger charge is 2.35. The summed E-state index contributed by atoms with van der Waals surface area (Å²) in [4.78, 5) is 41.1. The van der Waals surface area contributed by atoms with E-state index in [4.69, 9.17) is 9.47 Å². The monoisotopic (exact) mass is 481 g/mol. The fourth-order valence-electron chi connectivity index (χ4n) is 4.25. The van der Waals surface area contributed by atoms with Crippen LogP contribution in [0, 0.1) is 5.92 Å². The number of benzene rings is 2. The number of piperidine rings is 1. The van der Waals surface area contributed by atoms with Gasteiger partial charge in [-0.1, -0.05) is 25.1 Å². The minimum Gasteiger partial charge on any atom is -0.497 e. The minimum absolute atomic E-state index is 0.00839. The van der Waals surface area contributed by atoms with Gasteiger partial charge >= 0.3 is 0 Å². The lowest BCUT2D eigenvalue weighted by molar-refractivity contribution is -0.125. The highest BCUT2D eigenvalue weighted by molar-refractivity contribution is 5.98. The Kier molecular flexibility index (Phi) is 9.11. The molecule has 1 fully saturated rings. The molecule has 8 heteroatoms. The molecule has 2 aromatic rings. The van der Waals surface area contributed by atoms with Gasteiger partial charge in [0, 0.05) is 24.7 Å². The van der Waals surface area contributed by atoms with Crippen molar-refractivity contribution in [1.82, 2.24) is 15.5 Å². The predicted molar refractivity (Wildman–Crippen MR) is 134 cm³/mol. The van der Waals surface area contributed by atoms with E-state index >= 15 is 0 Å². The molecule has 1 aliphatic rings. The summed E-state index contributed by atoms with van der Waals surface area (Å²) in [5.41, 5.74) is 0.945. The van der Waals surface area contributed by atoms with Gasteiger partial charge in [0.25, 0.3) is 11.8 Å². The molecule has 0 saturated carbocycles. The van der Waals surface area contributed by atoms with Crippen molar-refractivity contribution in [2.24, 2.45) is 5.92 Å². The van der Waals surface area contributed by atoms with Crippen LogP contribution in [0.2, 0.25) is 0 Å². The maximum absolute atomic E-state index is 13.2. The maximum atomic E-state index is 13.2. The van der Waals surface area contributed by atoms with E-state index < -0.39 is 6.04 Å². The number of carbonyl (C=O) groups excluding carboxylic acids is 3. The van der Waals surface area contributed by atoms with Gasteiger partial charge in [0.05, 0.1) is 19.8 Å². The Morgan fingerprint density at radius 3 is 2.37 bits per heavy atom. The van der Waals surface area contributed by atoms with Crippen LogP contribution < -0.4 is 20.1 Å². The SMILES string of the molecule is CC[C@H](C)NC(=O)[C@@H](NC(=O)c1cccc(OC)c1)C1CCN(C(=O)c2ccccc2OC)CC1. The predicted octanol–water partition coefficient (Wildman–Crippen LogP) is 3.27. The van der Waals surface area contributed by atoms with Crippen molar-refractivity contribution in [3.63, 3.8) is 0 Å². The Balaban J connectivity index is 1.73. The molecule has 2 N–H and O–H groups in total. The smallest absolute Gasteiger partial charge is 0.257 e. The van der Waals surface area contributed by atoms with Gasteiger partial charge < -0.3 is 25.0 Å². The average molecular weight is 482 g/mol. The molecule has 1 heterocycles. The van der Waals surface area contributed by atoms with Crippen molar-refractivity contribution in [2.45, 2.75) is 45.2 Å². The number of hydrogen-bond donors (Lipinski definition) is 2. The van der Waals surface area contributed by atoms with Crippen molar-refractivity contribution in [2.75, 3.05) is 27.3 Å². The first-order valence-corrected chi connectivity index (χ1v) is 12.1. The van der Waals surface area contributed by atoms with Crippen LogP contribution in [-0.2, 0) is 4.79 Å². The van der Waals surface area contributed by atoms with E-state index in [1.165, 1.54) is 0 Å². The van der Waals surface area contributed by atoms with Gasteiger partial charge in [0.1, 0.15) is 17.5 Å². The zero-order valence-corrected chi connectivity index (χ0v) is 20.9. The van der Waals surface area contributed by atoms with Crippen molar-refractivity contribution >= 4 is 17.7 Å². The lowest BCUT2D eigenvalue weighted by Gasteiger charge is -2.36. The van der Waals surface area contributed by atoms with E-state index in [0.29, 0.717) is 48.6 Å². The molecule has 1 saturated heterocycles. The number of nitrogens with zero attached hydrogens (tertiary/aromatic N) is 1. The topological polar surface area (TPSA) is 97.0 Å². The van der Waals surface area contributed by atoms with E-state index in [1.54, 1.807) is 55.5 Å². The van der Waals surface area contributed by atoms with Crippen LogP contribution >= 0.6 is 0 Å². The number of carbonyl (C=O) groups is 3. The molecule has 8 nitrogen and oxygen atoms in total. The second kappa shape index (κ2) is 12.2. The first-order valence-electron chi connectivity index (χ1n) is 12.1. The number of nitrogens with one attached hydrogen (secondary N) is 2. The third-order valence-corrected chi connectivity index (χ3v) is 6.54. The normalized spacial score (nSPS) is 15.6. The van der Waals surface area contributed by atoms with E-state index in [1.807, 2.05) is 26.0 Å². The first-order chi connectivity index (χ1) is 16.9. The van der Waals surface area contributed by atoms with Crippen LogP contribution in [0.25, 0.3) is 0 Å². The Morgan fingerprint density at radius 1 is 1.00 bits per heavy atom. The Hall–Kier alpha value is -3.55. The fourth-order valence-corrected chi connectivity index (χ4v) is 4.25. The Bertz CT molecular complexity index is 1030. The lowest BCUT2D eigenvalue weighted by Crippen LogP contribution is -2.55. The van der Waals surface area contributed by atoms with Gasteiger partial charge in [-0.25, -0.2) is 0 Å².